The Morgan fingerprint density at radius 3 is 2.86 bits per heavy atom. The quantitative estimate of drug-likeness (QED) is 0.811. The number of rotatable bonds is 1. The largest absolute Gasteiger partial charge is 0.506 e. The highest BCUT2D eigenvalue weighted by Crippen LogP contribution is 2.39. The van der Waals surface area contributed by atoms with Crippen LogP contribution in [0.25, 0.3) is 0 Å². The predicted octanol–water partition coefficient (Wildman–Crippen LogP) is 2.66. The molecule has 76 valence electrons. The molecule has 0 radical (unpaired) electrons. The summed E-state index contributed by atoms with van der Waals surface area (Å²) >= 11 is 3.36. The summed E-state index contributed by atoms with van der Waals surface area (Å²) in [5.41, 5.74) is 9.40. The summed E-state index contributed by atoms with van der Waals surface area (Å²) in [6.07, 6.45) is 3.33. The number of hydrogen-bond acceptors (Lipinski definition) is 2. The molecule has 0 amide bonds. The Kier molecular flexibility index (Phi) is 2.54. The Labute approximate surface area is 92.3 Å². The van der Waals surface area contributed by atoms with Crippen molar-refractivity contribution >= 4 is 15.9 Å². The molecular weight excluding hydrogens is 242 g/mol. The molecule has 1 aromatic rings. The zero-order valence-electron chi connectivity index (χ0n) is 8.18. The van der Waals surface area contributed by atoms with Crippen molar-refractivity contribution in [2.24, 2.45) is 5.73 Å². The molecule has 1 aromatic carbocycles. The van der Waals surface area contributed by atoms with Crippen LogP contribution in [0.3, 0.4) is 0 Å². The molecule has 1 aliphatic rings. The van der Waals surface area contributed by atoms with Crippen LogP contribution in [0.15, 0.2) is 10.5 Å². The van der Waals surface area contributed by atoms with Gasteiger partial charge in [-0.1, -0.05) is 0 Å². The Balaban J connectivity index is 2.66. The van der Waals surface area contributed by atoms with Crippen molar-refractivity contribution in [1.29, 1.82) is 0 Å². The highest BCUT2D eigenvalue weighted by atomic mass is 79.9. The molecule has 3 N–H and O–H groups in total. The third-order valence-corrected chi connectivity index (χ3v) is 3.43. The molecule has 0 saturated heterocycles. The Bertz CT molecular complexity index is 374. The Hall–Kier alpha value is -0.540. The second-order valence-electron chi connectivity index (χ2n) is 3.90. The zero-order valence-corrected chi connectivity index (χ0v) is 9.76. The molecule has 2 rings (SSSR count). The predicted molar refractivity (Wildman–Crippen MR) is 60.4 cm³/mol. The van der Waals surface area contributed by atoms with E-state index in [-0.39, 0.29) is 6.04 Å². The number of aromatic hydroxyl groups is 1. The number of halogens is 1. The van der Waals surface area contributed by atoms with Crippen molar-refractivity contribution in [3.8, 4) is 5.75 Å². The van der Waals surface area contributed by atoms with E-state index in [2.05, 4.69) is 15.9 Å². The number of nitrogens with two attached hydrogens (primary N) is 1. The fraction of sp³-hybridized carbons (Fsp3) is 0.455. The SMILES string of the molecule is CC(N)c1c(O)c(Br)cc2c1CCC2. The first kappa shape index (κ1) is 9.99. The van der Waals surface area contributed by atoms with Crippen LogP contribution in [-0.4, -0.2) is 5.11 Å². The van der Waals surface area contributed by atoms with Crippen LogP contribution in [0.5, 0.6) is 5.75 Å². The number of fused-ring (bicyclic) bond motifs is 1. The molecule has 0 saturated carbocycles. The monoisotopic (exact) mass is 255 g/mol. The maximum absolute atomic E-state index is 9.91. The summed E-state index contributed by atoms with van der Waals surface area (Å²) in [4.78, 5) is 0. The van der Waals surface area contributed by atoms with Crippen molar-refractivity contribution in [3.05, 3.63) is 27.2 Å². The van der Waals surface area contributed by atoms with Crippen molar-refractivity contribution < 1.29 is 5.11 Å². The van der Waals surface area contributed by atoms with Gasteiger partial charge in [0.2, 0.25) is 0 Å². The lowest BCUT2D eigenvalue weighted by atomic mass is 9.97. The van der Waals surface area contributed by atoms with E-state index in [1.54, 1.807) is 0 Å². The van der Waals surface area contributed by atoms with Crippen LogP contribution in [0, 0.1) is 0 Å². The minimum Gasteiger partial charge on any atom is -0.506 e. The minimum atomic E-state index is -0.0978. The van der Waals surface area contributed by atoms with Gasteiger partial charge in [-0.15, -0.1) is 0 Å². The summed E-state index contributed by atoms with van der Waals surface area (Å²) in [5, 5.41) is 9.91. The maximum atomic E-state index is 9.91. The first-order valence-corrected chi connectivity index (χ1v) is 5.69. The van der Waals surface area contributed by atoms with Gasteiger partial charge in [-0.2, -0.15) is 0 Å². The van der Waals surface area contributed by atoms with E-state index in [0.717, 1.165) is 22.9 Å². The second kappa shape index (κ2) is 3.55. The third kappa shape index (κ3) is 1.44. The lowest BCUT2D eigenvalue weighted by Gasteiger charge is -2.15. The minimum absolute atomic E-state index is 0.0978. The summed E-state index contributed by atoms with van der Waals surface area (Å²) < 4.78 is 0.769. The van der Waals surface area contributed by atoms with E-state index in [1.165, 1.54) is 17.5 Å². The lowest BCUT2D eigenvalue weighted by Crippen LogP contribution is -2.09. The van der Waals surface area contributed by atoms with E-state index < -0.39 is 0 Å². The first-order valence-electron chi connectivity index (χ1n) is 4.90. The van der Waals surface area contributed by atoms with Crippen molar-refractivity contribution in [1.82, 2.24) is 0 Å². The normalized spacial score (nSPS) is 16.8. The molecule has 14 heavy (non-hydrogen) atoms. The molecule has 1 unspecified atom stereocenters. The molecule has 0 fully saturated rings. The van der Waals surface area contributed by atoms with Crippen LogP contribution in [0.4, 0.5) is 0 Å². The number of phenolic OH excluding ortho intramolecular Hbond substituents is 1. The molecule has 0 heterocycles. The van der Waals surface area contributed by atoms with Gasteiger partial charge in [0.25, 0.3) is 0 Å². The van der Waals surface area contributed by atoms with Gasteiger partial charge >= 0.3 is 0 Å². The lowest BCUT2D eigenvalue weighted by molar-refractivity contribution is 0.459. The summed E-state index contributed by atoms with van der Waals surface area (Å²) in [6, 6.07) is 1.92. The smallest absolute Gasteiger partial charge is 0.134 e. The number of hydrogen-bond donors (Lipinski definition) is 2. The van der Waals surface area contributed by atoms with E-state index in [1.807, 2.05) is 13.0 Å². The molecular formula is C11H14BrNO. The molecule has 2 nitrogen and oxygen atoms in total. The first-order chi connectivity index (χ1) is 6.61. The highest BCUT2D eigenvalue weighted by molar-refractivity contribution is 9.10. The van der Waals surface area contributed by atoms with Gasteiger partial charge in [0, 0.05) is 11.6 Å². The van der Waals surface area contributed by atoms with Crippen LogP contribution < -0.4 is 5.73 Å². The van der Waals surface area contributed by atoms with Crippen LogP contribution in [0.1, 0.15) is 36.1 Å². The van der Waals surface area contributed by atoms with Gasteiger partial charge in [0.15, 0.2) is 0 Å². The van der Waals surface area contributed by atoms with Gasteiger partial charge in [0.1, 0.15) is 5.75 Å². The van der Waals surface area contributed by atoms with E-state index in [0.29, 0.717) is 5.75 Å². The van der Waals surface area contributed by atoms with Crippen LogP contribution in [0.2, 0.25) is 0 Å². The molecule has 3 heteroatoms. The molecule has 0 spiro atoms. The summed E-state index contributed by atoms with van der Waals surface area (Å²) in [6.45, 7) is 1.92. The summed E-state index contributed by atoms with van der Waals surface area (Å²) in [7, 11) is 0. The van der Waals surface area contributed by atoms with Gasteiger partial charge in [-0.3, -0.25) is 0 Å². The van der Waals surface area contributed by atoms with Gasteiger partial charge in [-0.25, -0.2) is 0 Å². The maximum Gasteiger partial charge on any atom is 0.134 e. The van der Waals surface area contributed by atoms with Gasteiger partial charge < -0.3 is 10.8 Å². The van der Waals surface area contributed by atoms with E-state index >= 15 is 0 Å². The molecule has 0 aliphatic heterocycles. The topological polar surface area (TPSA) is 46.2 Å². The van der Waals surface area contributed by atoms with Crippen molar-refractivity contribution in [2.45, 2.75) is 32.2 Å². The highest BCUT2D eigenvalue weighted by Gasteiger charge is 2.22. The van der Waals surface area contributed by atoms with Crippen LogP contribution >= 0.6 is 15.9 Å². The summed E-state index contributed by atoms with van der Waals surface area (Å²) in [5.74, 6) is 0.320. The number of phenols is 1. The number of aryl methyl sites for hydroxylation is 1. The van der Waals surface area contributed by atoms with Gasteiger partial charge in [0.05, 0.1) is 4.47 Å². The zero-order chi connectivity index (χ0) is 10.3. The fourth-order valence-electron chi connectivity index (χ4n) is 2.22. The average molecular weight is 256 g/mol. The Morgan fingerprint density at radius 2 is 2.21 bits per heavy atom. The Morgan fingerprint density at radius 1 is 1.50 bits per heavy atom. The average Bonchev–Trinajstić information content (AvgIpc) is 2.52. The molecule has 1 aliphatic carbocycles. The van der Waals surface area contributed by atoms with Crippen LogP contribution in [-0.2, 0) is 12.8 Å². The fourth-order valence-corrected chi connectivity index (χ4v) is 2.71. The second-order valence-corrected chi connectivity index (χ2v) is 4.75. The van der Waals surface area contributed by atoms with E-state index in [4.69, 9.17) is 5.73 Å². The third-order valence-electron chi connectivity index (χ3n) is 2.82. The van der Waals surface area contributed by atoms with Crippen molar-refractivity contribution in [2.75, 3.05) is 0 Å². The standard InChI is InChI=1S/C11H14BrNO/c1-6(13)10-8-4-2-3-7(8)5-9(12)11(10)14/h5-6,14H,2-4,13H2,1H3. The van der Waals surface area contributed by atoms with Crippen molar-refractivity contribution in [3.63, 3.8) is 0 Å². The van der Waals surface area contributed by atoms with Gasteiger partial charge in [-0.05, 0) is 59.3 Å². The van der Waals surface area contributed by atoms with E-state index in [9.17, 15) is 5.11 Å². The molecule has 0 bridgehead atoms. The molecule has 0 aromatic heterocycles. The molecule has 1 atom stereocenters. The number of benzene rings is 1.